The summed E-state index contributed by atoms with van der Waals surface area (Å²) >= 11 is 0. The van der Waals surface area contributed by atoms with Crippen LogP contribution in [-0.4, -0.2) is 4.98 Å². The van der Waals surface area contributed by atoms with Crippen molar-refractivity contribution < 1.29 is 4.39 Å². The molecule has 1 nitrogen and oxygen atoms in total. The van der Waals surface area contributed by atoms with Gasteiger partial charge in [0.15, 0.2) is 0 Å². The monoisotopic (exact) mass is 189 g/mol. The van der Waals surface area contributed by atoms with Gasteiger partial charge in [-0.2, -0.15) is 0 Å². The van der Waals surface area contributed by atoms with E-state index in [1.54, 1.807) is 6.07 Å². The number of H-pyrrole nitrogens is 1. The Labute approximate surface area is 81.9 Å². The van der Waals surface area contributed by atoms with Gasteiger partial charge in [-0.15, -0.1) is 0 Å². The normalized spacial score (nSPS) is 17.2. The van der Waals surface area contributed by atoms with Gasteiger partial charge in [0, 0.05) is 17.1 Å². The molecule has 0 atom stereocenters. The Morgan fingerprint density at radius 3 is 2.86 bits per heavy atom. The van der Waals surface area contributed by atoms with E-state index in [1.165, 1.54) is 30.9 Å². The van der Waals surface area contributed by atoms with Crippen LogP contribution in [0.25, 0.3) is 10.9 Å². The molecule has 1 aliphatic carbocycles. The van der Waals surface area contributed by atoms with Crippen molar-refractivity contribution in [2.75, 3.05) is 0 Å². The van der Waals surface area contributed by atoms with Crippen LogP contribution in [0.4, 0.5) is 4.39 Å². The lowest BCUT2D eigenvalue weighted by molar-refractivity contribution is 0.422. The second kappa shape index (κ2) is 2.84. The fourth-order valence-corrected chi connectivity index (χ4v) is 2.17. The molecule has 1 aromatic heterocycles. The van der Waals surface area contributed by atoms with Gasteiger partial charge in [0.2, 0.25) is 0 Å². The van der Waals surface area contributed by atoms with Crippen molar-refractivity contribution in [2.24, 2.45) is 0 Å². The van der Waals surface area contributed by atoms with Gasteiger partial charge in [0.25, 0.3) is 0 Å². The van der Waals surface area contributed by atoms with Crippen LogP contribution in [0.3, 0.4) is 0 Å². The molecule has 0 unspecified atom stereocenters. The van der Waals surface area contributed by atoms with Crippen LogP contribution in [-0.2, 0) is 0 Å². The standard InChI is InChI=1S/C12H12FN/c13-9-4-5-12-10(6-9)11(7-14-12)8-2-1-3-8/h4-8,14H,1-3H2. The first-order chi connectivity index (χ1) is 6.84. The average Bonchev–Trinajstić information content (AvgIpc) is 2.46. The molecule has 1 aromatic carbocycles. The number of aromatic nitrogens is 1. The van der Waals surface area contributed by atoms with Gasteiger partial charge in [-0.05, 0) is 42.5 Å². The molecule has 72 valence electrons. The summed E-state index contributed by atoms with van der Waals surface area (Å²) in [5.41, 5.74) is 2.35. The fraction of sp³-hybridized carbons (Fsp3) is 0.333. The molecule has 0 radical (unpaired) electrons. The number of hydrogen-bond donors (Lipinski definition) is 1. The average molecular weight is 189 g/mol. The van der Waals surface area contributed by atoms with Crippen LogP contribution < -0.4 is 0 Å². The minimum Gasteiger partial charge on any atom is -0.361 e. The maximum Gasteiger partial charge on any atom is 0.123 e. The van der Waals surface area contributed by atoms with Crippen molar-refractivity contribution in [3.05, 3.63) is 35.8 Å². The molecule has 1 fully saturated rings. The van der Waals surface area contributed by atoms with Crippen molar-refractivity contribution in [2.45, 2.75) is 25.2 Å². The molecule has 2 heteroatoms. The molecule has 0 amide bonds. The number of aromatic amines is 1. The van der Waals surface area contributed by atoms with E-state index in [1.807, 2.05) is 12.3 Å². The molecule has 3 rings (SSSR count). The fourth-order valence-electron chi connectivity index (χ4n) is 2.17. The van der Waals surface area contributed by atoms with Crippen molar-refractivity contribution in [3.63, 3.8) is 0 Å². The quantitative estimate of drug-likeness (QED) is 0.705. The van der Waals surface area contributed by atoms with Crippen LogP contribution in [0, 0.1) is 5.82 Å². The number of rotatable bonds is 1. The van der Waals surface area contributed by atoms with Gasteiger partial charge in [-0.3, -0.25) is 0 Å². The van der Waals surface area contributed by atoms with Crippen molar-refractivity contribution in [1.29, 1.82) is 0 Å². The van der Waals surface area contributed by atoms with Gasteiger partial charge in [-0.1, -0.05) is 6.42 Å². The Morgan fingerprint density at radius 1 is 1.29 bits per heavy atom. The van der Waals surface area contributed by atoms with Gasteiger partial charge in [0.1, 0.15) is 5.82 Å². The van der Waals surface area contributed by atoms with Crippen molar-refractivity contribution in [3.8, 4) is 0 Å². The molecule has 1 aliphatic rings. The Bertz CT molecular complexity index is 468. The predicted molar refractivity (Wildman–Crippen MR) is 54.8 cm³/mol. The van der Waals surface area contributed by atoms with Gasteiger partial charge in [-0.25, -0.2) is 4.39 Å². The second-order valence-corrected chi connectivity index (χ2v) is 4.06. The minimum atomic E-state index is -0.141. The summed E-state index contributed by atoms with van der Waals surface area (Å²) in [4.78, 5) is 3.20. The van der Waals surface area contributed by atoms with E-state index < -0.39 is 0 Å². The smallest absolute Gasteiger partial charge is 0.123 e. The first kappa shape index (κ1) is 8.04. The highest BCUT2D eigenvalue weighted by atomic mass is 19.1. The van der Waals surface area contributed by atoms with Crippen LogP contribution >= 0.6 is 0 Å². The Kier molecular flexibility index (Phi) is 1.63. The first-order valence-electron chi connectivity index (χ1n) is 5.11. The lowest BCUT2D eigenvalue weighted by atomic mass is 9.80. The maximum absolute atomic E-state index is 13.1. The van der Waals surface area contributed by atoms with E-state index in [-0.39, 0.29) is 5.82 Å². The van der Waals surface area contributed by atoms with Crippen molar-refractivity contribution in [1.82, 2.24) is 4.98 Å². The molecule has 0 saturated heterocycles. The highest BCUT2D eigenvalue weighted by Crippen LogP contribution is 2.39. The Morgan fingerprint density at radius 2 is 2.14 bits per heavy atom. The third-order valence-electron chi connectivity index (χ3n) is 3.22. The number of benzene rings is 1. The third-order valence-corrected chi connectivity index (χ3v) is 3.22. The van der Waals surface area contributed by atoms with E-state index in [2.05, 4.69) is 4.98 Å². The SMILES string of the molecule is Fc1ccc2[nH]cc(C3CCC3)c2c1. The highest BCUT2D eigenvalue weighted by molar-refractivity contribution is 5.83. The summed E-state index contributed by atoms with van der Waals surface area (Å²) in [5, 5.41) is 1.06. The lowest BCUT2D eigenvalue weighted by Gasteiger charge is -2.24. The number of nitrogens with one attached hydrogen (secondary N) is 1. The molecular formula is C12H12FN. The van der Waals surface area contributed by atoms with E-state index in [0.717, 1.165) is 10.9 Å². The van der Waals surface area contributed by atoms with E-state index in [4.69, 9.17) is 0 Å². The van der Waals surface area contributed by atoms with E-state index in [0.29, 0.717) is 5.92 Å². The summed E-state index contributed by atoms with van der Waals surface area (Å²) in [6.45, 7) is 0. The second-order valence-electron chi connectivity index (χ2n) is 4.06. The molecule has 1 heterocycles. The van der Waals surface area contributed by atoms with Crippen LogP contribution in [0.15, 0.2) is 24.4 Å². The molecule has 0 spiro atoms. The minimum absolute atomic E-state index is 0.141. The number of halogens is 1. The number of fused-ring (bicyclic) bond motifs is 1. The molecule has 0 bridgehead atoms. The largest absolute Gasteiger partial charge is 0.361 e. The molecule has 0 aliphatic heterocycles. The molecular weight excluding hydrogens is 177 g/mol. The summed E-state index contributed by atoms with van der Waals surface area (Å²) in [6, 6.07) is 4.95. The summed E-state index contributed by atoms with van der Waals surface area (Å²) < 4.78 is 13.1. The van der Waals surface area contributed by atoms with E-state index in [9.17, 15) is 4.39 Å². The summed E-state index contributed by atoms with van der Waals surface area (Å²) in [5.74, 6) is 0.517. The van der Waals surface area contributed by atoms with Crippen LogP contribution in [0.1, 0.15) is 30.7 Å². The number of hydrogen-bond acceptors (Lipinski definition) is 0. The van der Waals surface area contributed by atoms with Crippen molar-refractivity contribution >= 4 is 10.9 Å². The molecule has 2 aromatic rings. The van der Waals surface area contributed by atoms with Crippen LogP contribution in [0.5, 0.6) is 0 Å². The molecule has 14 heavy (non-hydrogen) atoms. The Hall–Kier alpha value is -1.31. The zero-order valence-corrected chi connectivity index (χ0v) is 7.89. The zero-order valence-electron chi connectivity index (χ0n) is 7.89. The first-order valence-corrected chi connectivity index (χ1v) is 5.11. The van der Waals surface area contributed by atoms with Gasteiger partial charge >= 0.3 is 0 Å². The summed E-state index contributed by atoms with van der Waals surface area (Å²) in [6.07, 6.45) is 5.85. The molecule has 1 N–H and O–H groups in total. The van der Waals surface area contributed by atoms with Crippen LogP contribution in [0.2, 0.25) is 0 Å². The van der Waals surface area contributed by atoms with Gasteiger partial charge < -0.3 is 4.98 Å². The maximum atomic E-state index is 13.1. The third kappa shape index (κ3) is 1.07. The topological polar surface area (TPSA) is 15.8 Å². The Balaban J connectivity index is 2.18. The highest BCUT2D eigenvalue weighted by Gasteiger charge is 2.22. The van der Waals surface area contributed by atoms with E-state index >= 15 is 0 Å². The lowest BCUT2D eigenvalue weighted by Crippen LogP contribution is -2.07. The molecule has 1 saturated carbocycles. The van der Waals surface area contributed by atoms with Gasteiger partial charge in [0.05, 0.1) is 0 Å². The predicted octanol–water partition coefficient (Wildman–Crippen LogP) is 3.57. The zero-order chi connectivity index (χ0) is 9.54. The summed E-state index contributed by atoms with van der Waals surface area (Å²) in [7, 11) is 0.